The first-order valence-electron chi connectivity index (χ1n) is 18.8. The van der Waals surface area contributed by atoms with E-state index in [2.05, 4.69) is 38.6 Å². The molecule has 2 saturated carbocycles. The minimum Gasteiger partial charge on any atom is -0.340 e. The minimum absolute atomic E-state index is 0.115. The van der Waals surface area contributed by atoms with E-state index in [-0.39, 0.29) is 29.2 Å². The van der Waals surface area contributed by atoms with Crippen molar-refractivity contribution in [2.45, 2.75) is 102 Å². The molecule has 0 radical (unpaired) electrons. The van der Waals surface area contributed by atoms with Crippen LogP contribution in [0.4, 0.5) is 23.0 Å². The van der Waals surface area contributed by atoms with E-state index in [4.69, 9.17) is 33.2 Å². The number of alkyl halides is 2. The summed E-state index contributed by atoms with van der Waals surface area (Å²) in [5.41, 5.74) is 3.34. The number of likely N-dealkylation sites (N-methyl/N-ethyl adjacent to an activating group) is 2. The van der Waals surface area contributed by atoms with E-state index < -0.39 is 0 Å². The number of anilines is 4. The number of aromatic nitrogens is 6. The molecular formula is C39H49Cl2N10O3+. The number of fused-ring (bicyclic) bond motifs is 2. The molecule has 2 aliphatic carbocycles. The van der Waals surface area contributed by atoms with Crippen LogP contribution in [0.3, 0.4) is 0 Å². The van der Waals surface area contributed by atoms with Crippen LogP contribution in [0.1, 0.15) is 78.1 Å². The fourth-order valence-electron chi connectivity index (χ4n) is 8.11. The monoisotopic (exact) mass is 775 g/mol. The van der Waals surface area contributed by atoms with E-state index in [0.717, 1.165) is 77.4 Å². The van der Waals surface area contributed by atoms with E-state index in [9.17, 15) is 14.8 Å². The summed E-state index contributed by atoms with van der Waals surface area (Å²) in [5.74, 6) is 3.28. The smallest absolute Gasteiger partial charge is 0.249 e. The lowest BCUT2D eigenvalue weighted by atomic mass is 10.0. The summed E-state index contributed by atoms with van der Waals surface area (Å²) in [5, 5.41) is 9.63. The third-order valence-electron chi connectivity index (χ3n) is 10.8. The van der Waals surface area contributed by atoms with Crippen LogP contribution in [0.5, 0.6) is 0 Å². The molecule has 0 saturated heterocycles. The third kappa shape index (κ3) is 7.93. The highest BCUT2D eigenvalue weighted by Crippen LogP contribution is 2.41. The van der Waals surface area contributed by atoms with Crippen molar-refractivity contribution in [1.29, 1.82) is 0 Å². The Morgan fingerprint density at radius 2 is 1.09 bits per heavy atom. The molecule has 0 aromatic carbocycles. The van der Waals surface area contributed by atoms with E-state index in [1.807, 2.05) is 19.2 Å². The Kier molecular flexibility index (Phi) is 12.8. The molecule has 0 bridgehead atoms. The van der Waals surface area contributed by atoms with Gasteiger partial charge in [0.1, 0.15) is 23.5 Å². The lowest BCUT2D eigenvalue weighted by Crippen LogP contribution is -2.55. The zero-order chi connectivity index (χ0) is 38.4. The van der Waals surface area contributed by atoms with Crippen molar-refractivity contribution in [3.8, 4) is 22.8 Å². The Bertz CT molecular complexity index is 1890. The molecule has 4 aromatic heterocycles. The number of rotatable bonds is 6. The number of amides is 2. The van der Waals surface area contributed by atoms with Crippen LogP contribution in [-0.2, 0) is 9.59 Å². The summed E-state index contributed by atoms with van der Waals surface area (Å²) in [6.45, 7) is 4.14. The third-order valence-corrected chi connectivity index (χ3v) is 10.8. The van der Waals surface area contributed by atoms with Gasteiger partial charge in [-0.3, -0.25) is 19.8 Å². The zero-order valence-electron chi connectivity index (χ0n) is 31.4. The Balaban J connectivity index is 0.000000172. The van der Waals surface area contributed by atoms with Crippen molar-refractivity contribution < 1.29 is 19.5 Å². The van der Waals surface area contributed by atoms with Crippen molar-refractivity contribution in [2.24, 2.45) is 0 Å². The van der Waals surface area contributed by atoms with Gasteiger partial charge in [0.25, 0.3) is 0 Å². The molecule has 1 N–H and O–H groups in total. The van der Waals surface area contributed by atoms with Crippen molar-refractivity contribution in [3.05, 3.63) is 61.4 Å². The van der Waals surface area contributed by atoms with Gasteiger partial charge in [0.05, 0.1) is 17.7 Å². The Hall–Kier alpha value is -4.62. The SMILES string of the molecule is CC[C@@H]1C(=O)N(C)c2cnc(-c3cc[n+](O)cc3)nc2N1C1CCCC1.CC[C@@H]1C(=O)N(C)c2cnc(-c3ccncc3)nc2N1C1CCCC1.ClCCl. The van der Waals surface area contributed by atoms with Crippen LogP contribution < -0.4 is 24.3 Å². The molecule has 2 amide bonds. The van der Waals surface area contributed by atoms with Gasteiger partial charge in [0.15, 0.2) is 23.3 Å². The summed E-state index contributed by atoms with van der Waals surface area (Å²) < 4.78 is 0.992. The highest BCUT2D eigenvalue weighted by molar-refractivity contribution is 6.40. The summed E-state index contributed by atoms with van der Waals surface area (Å²) in [6.07, 6.45) is 21.0. The molecule has 4 aromatic rings. The van der Waals surface area contributed by atoms with Crippen molar-refractivity contribution >= 4 is 58.0 Å². The molecule has 54 heavy (non-hydrogen) atoms. The van der Waals surface area contributed by atoms with Crippen LogP contribution in [0.15, 0.2) is 61.4 Å². The van der Waals surface area contributed by atoms with Crippen LogP contribution >= 0.6 is 23.2 Å². The number of nitrogens with zero attached hydrogens (tertiary/aromatic N) is 10. The maximum absolute atomic E-state index is 12.9. The van der Waals surface area contributed by atoms with Gasteiger partial charge < -0.3 is 19.6 Å². The van der Waals surface area contributed by atoms with Gasteiger partial charge in [-0.2, -0.15) is 0 Å². The first kappa shape index (κ1) is 39.1. The molecule has 2 atom stereocenters. The van der Waals surface area contributed by atoms with Gasteiger partial charge in [0, 0.05) is 66.6 Å². The number of hydrogen-bond donors (Lipinski definition) is 1. The quantitative estimate of drug-likeness (QED) is 0.129. The molecule has 13 nitrogen and oxygen atoms in total. The lowest BCUT2D eigenvalue weighted by Gasteiger charge is -2.43. The molecule has 4 aliphatic rings. The van der Waals surface area contributed by atoms with Crippen LogP contribution in [0, 0.1) is 0 Å². The normalized spacial score (nSPS) is 19.9. The maximum Gasteiger partial charge on any atom is 0.249 e. The summed E-state index contributed by atoms with van der Waals surface area (Å²) >= 11 is 9.53. The molecule has 2 fully saturated rings. The molecule has 6 heterocycles. The van der Waals surface area contributed by atoms with Crippen molar-refractivity contribution in [2.75, 3.05) is 39.0 Å². The van der Waals surface area contributed by atoms with Gasteiger partial charge in [0.2, 0.25) is 24.2 Å². The fourth-order valence-corrected chi connectivity index (χ4v) is 8.11. The Labute approximate surface area is 326 Å². The van der Waals surface area contributed by atoms with Gasteiger partial charge in [-0.25, -0.2) is 19.9 Å². The second-order valence-corrected chi connectivity index (χ2v) is 14.8. The number of carbonyl (C=O) groups excluding carboxylic acids is 2. The van der Waals surface area contributed by atoms with Gasteiger partial charge in [-0.15, -0.1) is 23.2 Å². The molecular weight excluding hydrogens is 727 g/mol. The first-order chi connectivity index (χ1) is 26.2. The molecule has 15 heteroatoms. The number of pyridine rings is 2. The van der Waals surface area contributed by atoms with E-state index in [0.29, 0.717) is 23.7 Å². The lowest BCUT2D eigenvalue weighted by molar-refractivity contribution is -0.904. The summed E-state index contributed by atoms with van der Waals surface area (Å²) in [7, 11) is 3.63. The average Bonchev–Trinajstić information content (AvgIpc) is 3.94. The van der Waals surface area contributed by atoms with Gasteiger partial charge >= 0.3 is 0 Å². The molecule has 0 unspecified atom stereocenters. The van der Waals surface area contributed by atoms with Gasteiger partial charge in [-0.05, 0) is 50.7 Å². The predicted octanol–water partition coefficient (Wildman–Crippen LogP) is 6.64. The Morgan fingerprint density at radius 1 is 0.704 bits per heavy atom. The van der Waals surface area contributed by atoms with Gasteiger partial charge in [-0.1, -0.05) is 39.5 Å². The topological polar surface area (TPSA) is 136 Å². The van der Waals surface area contributed by atoms with E-state index >= 15 is 0 Å². The number of halogens is 2. The molecule has 8 rings (SSSR count). The fraction of sp³-hybridized carbons (Fsp3) is 0.487. The standard InChI is InChI=1S/C19H24N5O2.C19H23N5O.CH2Cl2/c1-3-15-19(25)22(2)16-12-20-17(13-8-10-23(26)11-9-13)21-18(16)24(15)14-6-4-5-7-14;1-3-15-19(25)23(2)16-12-21-17(13-8-10-20-11-9-13)22-18(16)24(15)14-6-4-5-7-14;2-1-3/h8-12,14-15,26H,3-7H2,1-2H3;8-12,14-15H,3-7H2,1-2H3;1H2/q+1;;/t2*15-;/m11./s1. The first-order valence-corrected chi connectivity index (χ1v) is 19.9. The average molecular weight is 777 g/mol. The molecule has 286 valence electrons. The molecule has 0 spiro atoms. The maximum atomic E-state index is 12.9. The molecule has 2 aliphatic heterocycles. The zero-order valence-corrected chi connectivity index (χ0v) is 32.9. The van der Waals surface area contributed by atoms with Crippen LogP contribution in [0.25, 0.3) is 22.8 Å². The van der Waals surface area contributed by atoms with Crippen LogP contribution in [0.2, 0.25) is 0 Å². The van der Waals surface area contributed by atoms with Crippen molar-refractivity contribution in [3.63, 3.8) is 0 Å². The van der Waals surface area contributed by atoms with E-state index in [1.165, 1.54) is 25.7 Å². The highest BCUT2D eigenvalue weighted by Gasteiger charge is 2.42. The summed E-state index contributed by atoms with van der Waals surface area (Å²) in [4.78, 5) is 56.4. The Morgan fingerprint density at radius 3 is 1.48 bits per heavy atom. The number of carbonyl (C=O) groups is 2. The van der Waals surface area contributed by atoms with Crippen molar-refractivity contribution in [1.82, 2.24) is 24.9 Å². The van der Waals surface area contributed by atoms with E-state index in [1.54, 1.807) is 66.2 Å². The predicted molar refractivity (Wildman–Crippen MR) is 211 cm³/mol. The second kappa shape index (κ2) is 17.7. The number of hydrogen-bond acceptors (Lipinski definition) is 10. The minimum atomic E-state index is -0.172. The summed E-state index contributed by atoms with van der Waals surface area (Å²) in [6, 6.07) is 7.81. The highest BCUT2D eigenvalue weighted by atomic mass is 35.5. The second-order valence-electron chi connectivity index (χ2n) is 13.9. The van der Waals surface area contributed by atoms with Crippen LogP contribution in [-0.4, -0.2) is 85.5 Å². The largest absolute Gasteiger partial charge is 0.340 e.